The van der Waals surface area contributed by atoms with E-state index in [-0.39, 0.29) is 12.1 Å². The maximum atomic E-state index is 6.51. The van der Waals surface area contributed by atoms with Crippen LogP contribution < -0.4 is 5.73 Å². The van der Waals surface area contributed by atoms with Crippen molar-refractivity contribution in [3.8, 4) is 0 Å². The van der Waals surface area contributed by atoms with Gasteiger partial charge in [0, 0.05) is 25.2 Å². The van der Waals surface area contributed by atoms with E-state index in [2.05, 4.69) is 94.3 Å². The highest BCUT2D eigenvalue weighted by atomic mass is 127. The molecule has 4 aliphatic rings. The Morgan fingerprint density at radius 2 is 2.00 bits per heavy atom. The molecule has 0 aromatic carbocycles. The fourth-order valence-corrected chi connectivity index (χ4v) is 4.97. The fraction of sp³-hybridized carbons (Fsp3) is 0.350. The molecular formula is C20H21I2N3O. The molecule has 2 N–H and O–H groups in total. The van der Waals surface area contributed by atoms with Crippen LogP contribution in [0.4, 0.5) is 0 Å². The van der Waals surface area contributed by atoms with Crippen molar-refractivity contribution < 1.29 is 4.74 Å². The van der Waals surface area contributed by atoms with Gasteiger partial charge in [0.05, 0.1) is 15.3 Å². The van der Waals surface area contributed by atoms with Crippen molar-refractivity contribution in [1.29, 1.82) is 0 Å². The van der Waals surface area contributed by atoms with Crippen molar-refractivity contribution in [3.63, 3.8) is 0 Å². The second-order valence-corrected chi connectivity index (χ2v) is 9.11. The van der Waals surface area contributed by atoms with Gasteiger partial charge in [-0.3, -0.25) is 0 Å². The summed E-state index contributed by atoms with van der Waals surface area (Å²) in [5.74, 6) is 0.857. The number of nitrogens with zero attached hydrogens (tertiary/aromatic N) is 2. The minimum Gasteiger partial charge on any atom is -0.477 e. The Kier molecular flexibility index (Phi) is 5.17. The van der Waals surface area contributed by atoms with E-state index < -0.39 is 0 Å². The first kappa shape index (κ1) is 18.5. The molecule has 0 spiro atoms. The molecule has 0 aromatic heterocycles. The average molecular weight is 573 g/mol. The Balaban J connectivity index is 1.79. The number of halogens is 2. The van der Waals surface area contributed by atoms with Gasteiger partial charge in [-0.25, -0.2) is 4.99 Å². The summed E-state index contributed by atoms with van der Waals surface area (Å²) in [5.41, 5.74) is 12.0. The third kappa shape index (κ3) is 3.03. The predicted molar refractivity (Wildman–Crippen MR) is 123 cm³/mol. The first-order valence-electron chi connectivity index (χ1n) is 8.89. The standard InChI is InChI=1S/C20H21I2N3O/c1-3-25(4-2)12-6-8-15-16(10-12)26-20-17(22)18(23)13-7-5-11(21)9-14(13)19(20)24-15/h5-8,10,16,18H,3-4,9,23H2,1-2H3. The quantitative estimate of drug-likeness (QED) is 0.506. The van der Waals surface area contributed by atoms with Gasteiger partial charge >= 0.3 is 0 Å². The van der Waals surface area contributed by atoms with Gasteiger partial charge in [-0.15, -0.1) is 0 Å². The van der Waals surface area contributed by atoms with Crippen LogP contribution >= 0.6 is 45.2 Å². The van der Waals surface area contributed by atoms with Gasteiger partial charge in [-0.1, -0.05) is 12.2 Å². The van der Waals surface area contributed by atoms with Gasteiger partial charge in [-0.2, -0.15) is 0 Å². The molecule has 0 radical (unpaired) electrons. The Hall–Kier alpha value is -0.870. The second-order valence-electron chi connectivity index (χ2n) is 6.57. The van der Waals surface area contributed by atoms with Crippen molar-refractivity contribution in [1.82, 2.24) is 4.90 Å². The summed E-state index contributed by atoms with van der Waals surface area (Å²) in [4.78, 5) is 7.33. The topological polar surface area (TPSA) is 50.9 Å². The van der Waals surface area contributed by atoms with Crippen LogP contribution in [0.1, 0.15) is 20.3 Å². The Morgan fingerprint density at radius 1 is 1.23 bits per heavy atom. The molecule has 2 atom stereocenters. The third-order valence-corrected chi connectivity index (χ3v) is 7.02. The highest BCUT2D eigenvalue weighted by Gasteiger charge is 2.37. The van der Waals surface area contributed by atoms with Crippen LogP contribution in [0.5, 0.6) is 0 Å². The van der Waals surface area contributed by atoms with E-state index in [0.29, 0.717) is 0 Å². The van der Waals surface area contributed by atoms with E-state index in [9.17, 15) is 0 Å². The molecule has 6 heteroatoms. The third-order valence-electron chi connectivity index (χ3n) is 5.12. The molecule has 136 valence electrons. The predicted octanol–water partition coefficient (Wildman–Crippen LogP) is 4.51. The zero-order chi connectivity index (χ0) is 18.4. The number of fused-ring (bicyclic) bond motifs is 3. The number of allylic oxidation sites excluding steroid dienone is 4. The molecule has 0 bridgehead atoms. The number of aliphatic imine (C=N–C) groups is 1. The summed E-state index contributed by atoms with van der Waals surface area (Å²) in [5, 5.41) is 0. The molecule has 0 aromatic rings. The Morgan fingerprint density at radius 3 is 2.73 bits per heavy atom. The normalized spacial score (nSPS) is 26.8. The van der Waals surface area contributed by atoms with Gasteiger partial charge < -0.3 is 15.4 Å². The monoisotopic (exact) mass is 573 g/mol. The molecule has 2 unspecified atom stereocenters. The van der Waals surface area contributed by atoms with Crippen molar-refractivity contribution in [3.05, 3.63) is 65.8 Å². The Labute approximate surface area is 181 Å². The van der Waals surface area contributed by atoms with Crippen molar-refractivity contribution in [2.24, 2.45) is 10.7 Å². The highest BCUT2D eigenvalue weighted by molar-refractivity contribution is 14.1. The zero-order valence-electron chi connectivity index (χ0n) is 14.8. The first-order chi connectivity index (χ1) is 12.5. The van der Waals surface area contributed by atoms with Crippen LogP contribution in [0.2, 0.25) is 0 Å². The smallest absolute Gasteiger partial charge is 0.161 e. The van der Waals surface area contributed by atoms with Crippen LogP contribution in [0.15, 0.2) is 70.8 Å². The average Bonchev–Trinajstić information content (AvgIpc) is 2.66. The van der Waals surface area contributed by atoms with E-state index in [1.165, 1.54) is 20.4 Å². The van der Waals surface area contributed by atoms with Crippen molar-refractivity contribution >= 4 is 50.9 Å². The van der Waals surface area contributed by atoms with Crippen molar-refractivity contribution in [2.45, 2.75) is 32.4 Å². The zero-order valence-corrected chi connectivity index (χ0v) is 19.1. The summed E-state index contributed by atoms with van der Waals surface area (Å²) in [6.07, 6.45) is 11.4. The lowest BCUT2D eigenvalue weighted by Gasteiger charge is -2.36. The lowest BCUT2D eigenvalue weighted by atomic mass is 9.85. The van der Waals surface area contributed by atoms with E-state index >= 15 is 0 Å². The minimum atomic E-state index is -0.143. The van der Waals surface area contributed by atoms with Crippen molar-refractivity contribution in [2.75, 3.05) is 13.1 Å². The van der Waals surface area contributed by atoms with Crippen LogP contribution in [-0.4, -0.2) is 35.8 Å². The summed E-state index contributed by atoms with van der Waals surface area (Å²) in [6, 6.07) is -0.132. The molecule has 3 aliphatic carbocycles. The molecule has 0 saturated carbocycles. The molecule has 26 heavy (non-hydrogen) atoms. The van der Waals surface area contributed by atoms with E-state index in [4.69, 9.17) is 15.5 Å². The number of hydrogen-bond acceptors (Lipinski definition) is 4. The molecule has 4 rings (SSSR count). The van der Waals surface area contributed by atoms with Gasteiger partial charge in [0.15, 0.2) is 11.9 Å². The highest BCUT2D eigenvalue weighted by Crippen LogP contribution is 2.45. The number of hydrogen-bond donors (Lipinski definition) is 1. The first-order valence-corrected chi connectivity index (χ1v) is 11.0. The molecule has 0 fully saturated rings. The maximum absolute atomic E-state index is 6.51. The lowest BCUT2D eigenvalue weighted by molar-refractivity contribution is 0.199. The Bertz CT molecular complexity index is 869. The second kappa shape index (κ2) is 7.27. The van der Waals surface area contributed by atoms with E-state index in [1.54, 1.807) is 0 Å². The minimum absolute atomic E-state index is 0.132. The van der Waals surface area contributed by atoms with E-state index in [0.717, 1.165) is 40.3 Å². The summed E-state index contributed by atoms with van der Waals surface area (Å²) < 4.78 is 8.76. The van der Waals surface area contributed by atoms with Crippen LogP contribution in [-0.2, 0) is 4.74 Å². The number of rotatable bonds is 3. The van der Waals surface area contributed by atoms with Crippen LogP contribution in [0.3, 0.4) is 0 Å². The number of nitrogens with two attached hydrogens (primary N) is 1. The van der Waals surface area contributed by atoms with Gasteiger partial charge in [0.2, 0.25) is 0 Å². The maximum Gasteiger partial charge on any atom is 0.161 e. The largest absolute Gasteiger partial charge is 0.477 e. The molecule has 0 amide bonds. The molecule has 1 heterocycles. The fourth-order valence-electron chi connectivity index (χ4n) is 3.69. The van der Waals surface area contributed by atoms with Gasteiger partial charge in [-0.05, 0) is 92.0 Å². The molecule has 1 aliphatic heterocycles. The molecule has 4 nitrogen and oxygen atoms in total. The summed E-state index contributed by atoms with van der Waals surface area (Å²) in [6.45, 7) is 6.30. The van der Waals surface area contributed by atoms with Crippen LogP contribution in [0, 0.1) is 0 Å². The molecule has 0 saturated heterocycles. The lowest BCUT2D eigenvalue weighted by Crippen LogP contribution is -2.36. The summed E-state index contributed by atoms with van der Waals surface area (Å²) in [7, 11) is 0. The SMILES string of the molecule is CCN(CC)C1=CC2OC3=C(I)C(N)C4=CC=C(I)CC4=C3N=C2C=C1. The van der Waals surface area contributed by atoms with Gasteiger partial charge in [0.25, 0.3) is 0 Å². The summed E-state index contributed by atoms with van der Waals surface area (Å²) >= 11 is 4.70. The molecular weight excluding hydrogens is 552 g/mol. The van der Waals surface area contributed by atoms with E-state index in [1.807, 2.05) is 0 Å². The van der Waals surface area contributed by atoms with Crippen LogP contribution in [0.25, 0.3) is 0 Å². The number of ether oxygens (including phenoxy) is 1. The number of likely N-dealkylation sites (N-methyl/N-ethyl adjacent to an activating group) is 1. The van der Waals surface area contributed by atoms with Gasteiger partial charge in [0.1, 0.15) is 5.70 Å².